The van der Waals surface area contributed by atoms with Crippen molar-refractivity contribution in [3.8, 4) is 6.07 Å². The molecule has 0 amide bonds. The number of hydrogen-bond donors (Lipinski definition) is 1. The first kappa shape index (κ1) is 14.5. The summed E-state index contributed by atoms with van der Waals surface area (Å²) in [6.45, 7) is 5.09. The summed E-state index contributed by atoms with van der Waals surface area (Å²) in [4.78, 5) is 4.37. The standard InChI is InChI=1S/C15H23N3/c1-3-4-5-6-7-8-9-17-15-11-14(12-16)10-13(2)18-15/h10-11H,3-9H2,1-2H3,(H,17,18). The largest absolute Gasteiger partial charge is 0.370 e. The highest BCUT2D eigenvalue weighted by molar-refractivity contribution is 5.44. The normalized spacial score (nSPS) is 10.1. The fourth-order valence-corrected chi connectivity index (χ4v) is 1.95. The number of rotatable bonds is 8. The third kappa shape index (κ3) is 5.67. The molecule has 0 bridgehead atoms. The number of aromatic nitrogens is 1. The number of unbranched alkanes of at least 4 members (excludes halogenated alkanes) is 5. The number of anilines is 1. The van der Waals surface area contributed by atoms with E-state index in [-0.39, 0.29) is 0 Å². The molecular formula is C15H23N3. The molecule has 0 aliphatic carbocycles. The molecule has 1 N–H and O–H groups in total. The second kappa shape index (κ2) is 8.52. The average molecular weight is 245 g/mol. The maximum atomic E-state index is 8.87. The van der Waals surface area contributed by atoms with E-state index in [4.69, 9.17) is 5.26 Å². The van der Waals surface area contributed by atoms with Gasteiger partial charge < -0.3 is 5.32 Å². The van der Waals surface area contributed by atoms with E-state index in [1.54, 1.807) is 6.07 Å². The molecule has 0 saturated heterocycles. The molecular weight excluding hydrogens is 222 g/mol. The van der Waals surface area contributed by atoms with Crippen LogP contribution in [0.4, 0.5) is 5.82 Å². The first-order chi connectivity index (χ1) is 8.76. The minimum absolute atomic E-state index is 0.674. The third-order valence-electron chi connectivity index (χ3n) is 2.92. The van der Waals surface area contributed by atoms with Gasteiger partial charge in [0.1, 0.15) is 5.82 Å². The Morgan fingerprint density at radius 1 is 1.17 bits per heavy atom. The molecule has 0 unspecified atom stereocenters. The molecule has 1 heterocycles. The topological polar surface area (TPSA) is 48.7 Å². The van der Waals surface area contributed by atoms with Gasteiger partial charge in [-0.1, -0.05) is 39.0 Å². The second-order valence-corrected chi connectivity index (χ2v) is 4.69. The van der Waals surface area contributed by atoms with Crippen molar-refractivity contribution in [1.29, 1.82) is 5.26 Å². The molecule has 0 aliphatic heterocycles. The Bertz CT molecular complexity index is 393. The van der Waals surface area contributed by atoms with Crippen molar-refractivity contribution in [2.45, 2.75) is 52.4 Å². The number of nitrogens with one attached hydrogen (secondary N) is 1. The molecule has 0 spiro atoms. The van der Waals surface area contributed by atoms with Gasteiger partial charge in [0.05, 0.1) is 11.6 Å². The number of nitriles is 1. The summed E-state index contributed by atoms with van der Waals surface area (Å²) < 4.78 is 0. The SMILES string of the molecule is CCCCCCCCNc1cc(C#N)cc(C)n1. The van der Waals surface area contributed by atoms with Crippen LogP contribution in [0.1, 0.15) is 56.7 Å². The quantitative estimate of drug-likeness (QED) is 0.703. The minimum atomic E-state index is 0.674. The van der Waals surface area contributed by atoms with Crippen LogP contribution >= 0.6 is 0 Å². The van der Waals surface area contributed by atoms with Crippen LogP contribution in [0.25, 0.3) is 0 Å². The Morgan fingerprint density at radius 3 is 2.61 bits per heavy atom. The van der Waals surface area contributed by atoms with Crippen LogP contribution in [-0.2, 0) is 0 Å². The molecule has 98 valence electrons. The van der Waals surface area contributed by atoms with Gasteiger partial charge in [0.15, 0.2) is 0 Å². The lowest BCUT2D eigenvalue weighted by Gasteiger charge is -2.06. The van der Waals surface area contributed by atoms with Crippen molar-refractivity contribution in [3.63, 3.8) is 0 Å². The van der Waals surface area contributed by atoms with Crippen LogP contribution in [0.15, 0.2) is 12.1 Å². The Balaban J connectivity index is 2.23. The van der Waals surface area contributed by atoms with Crippen molar-refractivity contribution in [2.24, 2.45) is 0 Å². The third-order valence-corrected chi connectivity index (χ3v) is 2.92. The zero-order chi connectivity index (χ0) is 13.2. The summed E-state index contributed by atoms with van der Waals surface area (Å²) >= 11 is 0. The Kier molecular flexibility index (Phi) is 6.86. The lowest BCUT2D eigenvalue weighted by Crippen LogP contribution is -2.04. The predicted octanol–water partition coefficient (Wildman–Crippen LogP) is 4.03. The van der Waals surface area contributed by atoms with E-state index in [1.807, 2.05) is 13.0 Å². The highest BCUT2D eigenvalue weighted by Gasteiger charge is 1.99. The summed E-state index contributed by atoms with van der Waals surface area (Å²) in [5.74, 6) is 0.820. The Hall–Kier alpha value is -1.56. The summed E-state index contributed by atoms with van der Waals surface area (Å²) in [7, 11) is 0. The van der Waals surface area contributed by atoms with Gasteiger partial charge in [-0.15, -0.1) is 0 Å². The molecule has 0 radical (unpaired) electrons. The number of nitrogens with zero attached hydrogens (tertiary/aromatic N) is 2. The van der Waals surface area contributed by atoms with Gasteiger partial charge >= 0.3 is 0 Å². The van der Waals surface area contributed by atoms with Gasteiger partial charge in [-0.25, -0.2) is 4.98 Å². The van der Waals surface area contributed by atoms with E-state index < -0.39 is 0 Å². The first-order valence-electron chi connectivity index (χ1n) is 6.89. The minimum Gasteiger partial charge on any atom is -0.370 e. The van der Waals surface area contributed by atoms with Crippen LogP contribution in [0.3, 0.4) is 0 Å². The van der Waals surface area contributed by atoms with Crippen LogP contribution in [0, 0.1) is 18.3 Å². The fourth-order valence-electron chi connectivity index (χ4n) is 1.95. The smallest absolute Gasteiger partial charge is 0.127 e. The van der Waals surface area contributed by atoms with Crippen molar-refractivity contribution in [1.82, 2.24) is 4.98 Å². The van der Waals surface area contributed by atoms with E-state index in [0.29, 0.717) is 5.56 Å². The summed E-state index contributed by atoms with van der Waals surface area (Å²) in [6, 6.07) is 5.76. The molecule has 0 saturated carbocycles. The second-order valence-electron chi connectivity index (χ2n) is 4.69. The average Bonchev–Trinajstić information content (AvgIpc) is 2.37. The van der Waals surface area contributed by atoms with Crippen molar-refractivity contribution < 1.29 is 0 Å². The molecule has 0 aliphatic rings. The van der Waals surface area contributed by atoms with Crippen molar-refractivity contribution >= 4 is 5.82 Å². The number of aryl methyl sites for hydroxylation is 1. The van der Waals surface area contributed by atoms with E-state index in [0.717, 1.165) is 18.1 Å². The molecule has 3 nitrogen and oxygen atoms in total. The fraction of sp³-hybridized carbons (Fsp3) is 0.600. The zero-order valence-corrected chi connectivity index (χ0v) is 11.5. The van der Waals surface area contributed by atoms with Crippen LogP contribution in [-0.4, -0.2) is 11.5 Å². The van der Waals surface area contributed by atoms with Gasteiger partial charge in [-0.3, -0.25) is 0 Å². The van der Waals surface area contributed by atoms with Crippen LogP contribution in [0.2, 0.25) is 0 Å². The molecule has 1 aromatic rings. The first-order valence-corrected chi connectivity index (χ1v) is 6.89. The molecule has 1 rings (SSSR count). The van der Waals surface area contributed by atoms with Gasteiger partial charge in [0.2, 0.25) is 0 Å². The van der Waals surface area contributed by atoms with E-state index in [1.165, 1.54) is 38.5 Å². The maximum Gasteiger partial charge on any atom is 0.127 e. The zero-order valence-electron chi connectivity index (χ0n) is 11.5. The lowest BCUT2D eigenvalue weighted by molar-refractivity contribution is 0.617. The molecule has 3 heteroatoms. The highest BCUT2D eigenvalue weighted by atomic mass is 15.0. The van der Waals surface area contributed by atoms with Gasteiger partial charge in [-0.05, 0) is 25.5 Å². The molecule has 18 heavy (non-hydrogen) atoms. The van der Waals surface area contributed by atoms with Crippen LogP contribution < -0.4 is 5.32 Å². The van der Waals surface area contributed by atoms with E-state index >= 15 is 0 Å². The molecule has 1 aromatic heterocycles. The molecule has 0 fully saturated rings. The summed E-state index contributed by atoms with van der Waals surface area (Å²) in [6.07, 6.45) is 7.74. The number of pyridine rings is 1. The maximum absolute atomic E-state index is 8.87. The van der Waals surface area contributed by atoms with Crippen molar-refractivity contribution in [2.75, 3.05) is 11.9 Å². The number of hydrogen-bond acceptors (Lipinski definition) is 3. The Labute approximate surface area is 110 Å². The Morgan fingerprint density at radius 2 is 1.89 bits per heavy atom. The molecule has 0 atom stereocenters. The van der Waals surface area contributed by atoms with E-state index in [2.05, 4.69) is 23.3 Å². The van der Waals surface area contributed by atoms with Crippen LogP contribution in [0.5, 0.6) is 0 Å². The summed E-state index contributed by atoms with van der Waals surface area (Å²) in [5.41, 5.74) is 1.56. The predicted molar refractivity (Wildman–Crippen MR) is 75.6 cm³/mol. The van der Waals surface area contributed by atoms with Gasteiger partial charge in [-0.2, -0.15) is 5.26 Å². The van der Waals surface area contributed by atoms with Crippen molar-refractivity contribution in [3.05, 3.63) is 23.4 Å². The van der Waals surface area contributed by atoms with E-state index in [9.17, 15) is 0 Å². The lowest BCUT2D eigenvalue weighted by atomic mass is 10.1. The van der Waals surface area contributed by atoms with Gasteiger partial charge in [0, 0.05) is 12.2 Å². The molecule has 0 aromatic carbocycles. The summed E-state index contributed by atoms with van der Waals surface area (Å²) in [5, 5.41) is 12.2. The van der Waals surface area contributed by atoms with Gasteiger partial charge in [0.25, 0.3) is 0 Å². The highest BCUT2D eigenvalue weighted by Crippen LogP contribution is 2.10. The monoisotopic (exact) mass is 245 g/mol.